The van der Waals surface area contributed by atoms with Crippen molar-refractivity contribution < 1.29 is 4.79 Å². The third-order valence-electron chi connectivity index (χ3n) is 3.65. The van der Waals surface area contributed by atoms with Crippen molar-refractivity contribution in [1.29, 1.82) is 5.26 Å². The number of nitriles is 1. The van der Waals surface area contributed by atoms with Gasteiger partial charge in [-0.05, 0) is 43.7 Å². The molecule has 0 heterocycles. The van der Waals surface area contributed by atoms with Crippen molar-refractivity contribution in [3.8, 4) is 6.07 Å². The van der Waals surface area contributed by atoms with Crippen LogP contribution in [0.25, 0.3) is 0 Å². The molecule has 3 nitrogen and oxygen atoms in total. The van der Waals surface area contributed by atoms with E-state index in [9.17, 15) is 4.79 Å². The second-order valence-corrected chi connectivity index (χ2v) is 6.09. The summed E-state index contributed by atoms with van der Waals surface area (Å²) in [7, 11) is 0. The average Bonchev–Trinajstić information content (AvgIpc) is 2.61. The Bertz CT molecular complexity index is 700. The van der Waals surface area contributed by atoms with Gasteiger partial charge in [-0.25, -0.2) is 0 Å². The molecule has 0 N–H and O–H groups in total. The molecule has 2 rings (SSSR count). The van der Waals surface area contributed by atoms with E-state index < -0.39 is 0 Å². The van der Waals surface area contributed by atoms with E-state index in [1.54, 1.807) is 11.8 Å². The first-order chi connectivity index (χ1) is 11.2. The van der Waals surface area contributed by atoms with Crippen molar-refractivity contribution in [2.75, 3.05) is 13.1 Å². The lowest BCUT2D eigenvalue weighted by molar-refractivity contribution is 0.0769. The van der Waals surface area contributed by atoms with Crippen molar-refractivity contribution in [1.82, 2.24) is 4.90 Å². The zero-order valence-electron chi connectivity index (χ0n) is 13.5. The molecular weight excluding hydrogens is 304 g/mol. The number of amides is 1. The molecule has 0 aliphatic carbocycles. The van der Waals surface area contributed by atoms with E-state index in [0.29, 0.717) is 18.7 Å². The van der Waals surface area contributed by atoms with Crippen LogP contribution < -0.4 is 0 Å². The Hall–Kier alpha value is -2.25. The lowest BCUT2D eigenvalue weighted by Crippen LogP contribution is -2.30. The summed E-state index contributed by atoms with van der Waals surface area (Å²) in [4.78, 5) is 15.4. The third-order valence-corrected chi connectivity index (χ3v) is 4.79. The minimum Gasteiger partial charge on any atom is -0.339 e. The van der Waals surface area contributed by atoms with Crippen molar-refractivity contribution in [2.45, 2.75) is 24.5 Å². The van der Waals surface area contributed by atoms with Gasteiger partial charge in [0.05, 0.1) is 17.2 Å². The molecule has 1 amide bonds. The fourth-order valence-corrected chi connectivity index (χ4v) is 3.29. The van der Waals surface area contributed by atoms with Crippen LogP contribution in [-0.2, 0) is 5.75 Å². The van der Waals surface area contributed by atoms with Crippen LogP contribution >= 0.6 is 11.8 Å². The molecule has 0 fully saturated rings. The number of rotatable bonds is 6. The number of hydrogen-bond donors (Lipinski definition) is 0. The summed E-state index contributed by atoms with van der Waals surface area (Å²) in [6.07, 6.45) is 0. The summed E-state index contributed by atoms with van der Waals surface area (Å²) >= 11 is 1.65. The number of thioether (sulfide) groups is 1. The topological polar surface area (TPSA) is 44.1 Å². The van der Waals surface area contributed by atoms with Gasteiger partial charge in [0.2, 0.25) is 0 Å². The summed E-state index contributed by atoms with van der Waals surface area (Å²) in [5, 5.41) is 8.84. The number of carbonyl (C=O) groups excluding carboxylic acids is 1. The van der Waals surface area contributed by atoms with E-state index >= 15 is 0 Å². The first-order valence-electron chi connectivity index (χ1n) is 7.69. The highest BCUT2D eigenvalue weighted by Gasteiger charge is 2.16. The lowest BCUT2D eigenvalue weighted by Gasteiger charge is -2.20. The predicted molar refractivity (Wildman–Crippen MR) is 94.4 cm³/mol. The predicted octanol–water partition coefficient (Wildman–Crippen LogP) is 4.33. The monoisotopic (exact) mass is 324 g/mol. The molecule has 4 heteroatoms. The number of nitrogens with zero attached hydrogens (tertiary/aromatic N) is 2. The SMILES string of the molecule is CCN(CC)C(=O)c1ccccc1SCc1ccc(C#N)cc1. The number of hydrogen-bond acceptors (Lipinski definition) is 3. The van der Waals surface area contributed by atoms with Gasteiger partial charge in [0, 0.05) is 23.7 Å². The first kappa shape index (κ1) is 17.1. The fourth-order valence-electron chi connectivity index (χ4n) is 2.29. The van der Waals surface area contributed by atoms with Gasteiger partial charge < -0.3 is 4.90 Å². The molecule has 2 aromatic carbocycles. The molecule has 0 radical (unpaired) electrons. The summed E-state index contributed by atoms with van der Waals surface area (Å²) in [6, 6.07) is 17.4. The molecule has 0 unspecified atom stereocenters. The molecule has 0 aliphatic heterocycles. The van der Waals surface area contributed by atoms with Gasteiger partial charge in [-0.15, -0.1) is 11.8 Å². The molecule has 118 valence electrons. The second kappa shape index (κ2) is 8.40. The van der Waals surface area contributed by atoms with Gasteiger partial charge in [0.25, 0.3) is 5.91 Å². The maximum absolute atomic E-state index is 12.6. The van der Waals surface area contributed by atoms with Crippen LogP contribution in [0.1, 0.15) is 35.3 Å². The van der Waals surface area contributed by atoms with Crippen molar-refractivity contribution in [2.24, 2.45) is 0 Å². The third kappa shape index (κ3) is 4.37. The fraction of sp³-hybridized carbons (Fsp3) is 0.263. The highest BCUT2D eigenvalue weighted by Crippen LogP contribution is 2.27. The van der Waals surface area contributed by atoms with Crippen molar-refractivity contribution in [3.05, 3.63) is 65.2 Å². The molecule has 0 aromatic heterocycles. The second-order valence-electron chi connectivity index (χ2n) is 5.07. The Morgan fingerprint density at radius 3 is 2.35 bits per heavy atom. The Kier molecular flexibility index (Phi) is 6.25. The van der Waals surface area contributed by atoms with Gasteiger partial charge in [-0.3, -0.25) is 4.79 Å². The quantitative estimate of drug-likeness (QED) is 0.743. The maximum atomic E-state index is 12.6. The maximum Gasteiger partial charge on any atom is 0.254 e. The van der Waals surface area contributed by atoms with Crippen LogP contribution in [0.5, 0.6) is 0 Å². The van der Waals surface area contributed by atoms with Gasteiger partial charge in [-0.2, -0.15) is 5.26 Å². The zero-order valence-corrected chi connectivity index (χ0v) is 14.3. The van der Waals surface area contributed by atoms with E-state index in [2.05, 4.69) is 6.07 Å². The van der Waals surface area contributed by atoms with E-state index in [4.69, 9.17) is 5.26 Å². The highest BCUT2D eigenvalue weighted by atomic mass is 32.2. The van der Waals surface area contributed by atoms with E-state index in [1.165, 1.54) is 0 Å². The molecular formula is C19H20N2OS. The summed E-state index contributed by atoms with van der Waals surface area (Å²) in [5.41, 5.74) is 2.56. The van der Waals surface area contributed by atoms with Crippen molar-refractivity contribution >= 4 is 17.7 Å². The van der Waals surface area contributed by atoms with Crippen LogP contribution in [0.2, 0.25) is 0 Å². The normalized spacial score (nSPS) is 10.1. The van der Waals surface area contributed by atoms with Crippen LogP contribution in [0.4, 0.5) is 0 Å². The molecule has 0 atom stereocenters. The van der Waals surface area contributed by atoms with Gasteiger partial charge in [-0.1, -0.05) is 24.3 Å². The van der Waals surface area contributed by atoms with E-state index in [-0.39, 0.29) is 5.91 Å². The van der Waals surface area contributed by atoms with Gasteiger partial charge >= 0.3 is 0 Å². The Balaban J connectivity index is 2.14. The lowest BCUT2D eigenvalue weighted by atomic mass is 10.2. The first-order valence-corrected chi connectivity index (χ1v) is 8.68. The van der Waals surface area contributed by atoms with Gasteiger partial charge in [0.1, 0.15) is 0 Å². The Morgan fingerprint density at radius 2 is 1.74 bits per heavy atom. The van der Waals surface area contributed by atoms with Crippen LogP contribution in [-0.4, -0.2) is 23.9 Å². The summed E-state index contributed by atoms with van der Waals surface area (Å²) in [5.74, 6) is 0.853. The molecule has 0 aliphatic rings. The Morgan fingerprint density at radius 1 is 1.09 bits per heavy atom. The zero-order chi connectivity index (χ0) is 16.7. The molecule has 0 saturated carbocycles. The molecule has 2 aromatic rings. The van der Waals surface area contributed by atoms with Gasteiger partial charge in [0.15, 0.2) is 0 Å². The van der Waals surface area contributed by atoms with Crippen LogP contribution in [0.3, 0.4) is 0 Å². The molecule has 0 bridgehead atoms. The largest absolute Gasteiger partial charge is 0.339 e. The van der Waals surface area contributed by atoms with E-state index in [1.807, 2.05) is 67.3 Å². The number of benzene rings is 2. The van der Waals surface area contributed by atoms with E-state index in [0.717, 1.165) is 21.8 Å². The number of carbonyl (C=O) groups is 1. The van der Waals surface area contributed by atoms with Crippen LogP contribution in [0.15, 0.2) is 53.4 Å². The van der Waals surface area contributed by atoms with Crippen molar-refractivity contribution in [3.63, 3.8) is 0 Å². The Labute approximate surface area is 141 Å². The highest BCUT2D eigenvalue weighted by molar-refractivity contribution is 7.98. The minimum absolute atomic E-state index is 0.0814. The minimum atomic E-state index is 0.0814. The summed E-state index contributed by atoms with van der Waals surface area (Å²) < 4.78 is 0. The molecule has 23 heavy (non-hydrogen) atoms. The van der Waals surface area contributed by atoms with Crippen LogP contribution in [0, 0.1) is 11.3 Å². The smallest absolute Gasteiger partial charge is 0.254 e. The summed E-state index contributed by atoms with van der Waals surface area (Å²) in [6.45, 7) is 5.41. The molecule has 0 spiro atoms. The standard InChI is InChI=1S/C19H20N2OS/c1-3-21(4-2)19(22)17-7-5-6-8-18(17)23-14-16-11-9-15(13-20)10-12-16/h5-12H,3-4,14H2,1-2H3. The molecule has 0 saturated heterocycles. The average molecular weight is 324 g/mol.